The predicted molar refractivity (Wildman–Crippen MR) is 75.8 cm³/mol. The third-order valence-electron chi connectivity index (χ3n) is 4.85. The normalized spacial score (nSPS) is 26.0. The maximum absolute atomic E-state index is 12.7. The Kier molecular flexibility index (Phi) is 3.47. The van der Waals surface area contributed by atoms with Gasteiger partial charge >= 0.3 is 0 Å². The first-order valence-corrected chi connectivity index (χ1v) is 7.54. The van der Waals surface area contributed by atoms with Crippen LogP contribution in [0.25, 0.3) is 0 Å². The summed E-state index contributed by atoms with van der Waals surface area (Å²) >= 11 is 0. The lowest BCUT2D eigenvalue weighted by molar-refractivity contribution is -0.128. The van der Waals surface area contributed by atoms with Gasteiger partial charge in [-0.15, -0.1) is 0 Å². The summed E-state index contributed by atoms with van der Waals surface area (Å²) in [6, 6.07) is 0. The molecule has 0 aromatic carbocycles. The molecule has 3 rings (SSSR count). The predicted octanol–water partition coefficient (Wildman–Crippen LogP) is 1.42. The fourth-order valence-corrected chi connectivity index (χ4v) is 3.54. The van der Waals surface area contributed by atoms with Crippen molar-refractivity contribution in [1.82, 2.24) is 15.4 Å². The van der Waals surface area contributed by atoms with Gasteiger partial charge in [0, 0.05) is 19.6 Å². The zero-order valence-corrected chi connectivity index (χ0v) is 12.6. The van der Waals surface area contributed by atoms with Crippen LogP contribution in [0.15, 0.2) is 4.52 Å². The van der Waals surface area contributed by atoms with Crippen LogP contribution in [0.1, 0.15) is 47.5 Å². The van der Waals surface area contributed by atoms with E-state index in [9.17, 15) is 9.59 Å². The summed E-state index contributed by atoms with van der Waals surface area (Å²) in [5, 5.41) is 6.78. The van der Waals surface area contributed by atoms with Gasteiger partial charge in [0.15, 0.2) is 0 Å². The molecule has 0 aliphatic carbocycles. The van der Waals surface area contributed by atoms with Gasteiger partial charge in [0.2, 0.25) is 5.91 Å². The lowest BCUT2D eigenvalue weighted by atomic mass is 9.79. The molecule has 6 heteroatoms. The summed E-state index contributed by atoms with van der Waals surface area (Å²) in [7, 11) is 0. The van der Waals surface area contributed by atoms with Gasteiger partial charge in [0.25, 0.3) is 5.91 Å². The Morgan fingerprint density at radius 1 is 1.29 bits per heavy atom. The minimum atomic E-state index is -0.256. The van der Waals surface area contributed by atoms with Gasteiger partial charge in [-0.25, -0.2) is 0 Å². The first-order chi connectivity index (χ1) is 10.0. The molecule has 1 aromatic heterocycles. The number of hydrogen-bond donors (Lipinski definition) is 1. The smallest absolute Gasteiger partial charge is 0.259 e. The van der Waals surface area contributed by atoms with E-state index in [0.29, 0.717) is 30.1 Å². The highest BCUT2D eigenvalue weighted by Crippen LogP contribution is 2.38. The molecule has 2 aliphatic heterocycles. The fraction of sp³-hybridized carbons (Fsp3) is 0.667. The summed E-state index contributed by atoms with van der Waals surface area (Å²) in [6.45, 7) is 5.62. The molecule has 2 amide bonds. The fourth-order valence-electron chi connectivity index (χ4n) is 3.54. The largest absolute Gasteiger partial charge is 0.361 e. The first-order valence-electron chi connectivity index (χ1n) is 7.54. The van der Waals surface area contributed by atoms with Crippen LogP contribution in [0, 0.1) is 19.3 Å². The number of carbonyl (C=O) groups excluding carboxylic acids is 2. The van der Waals surface area contributed by atoms with Crippen molar-refractivity contribution >= 4 is 11.8 Å². The van der Waals surface area contributed by atoms with E-state index in [-0.39, 0.29) is 17.2 Å². The minimum Gasteiger partial charge on any atom is -0.361 e. The van der Waals surface area contributed by atoms with Crippen molar-refractivity contribution < 1.29 is 14.1 Å². The molecule has 2 fully saturated rings. The molecule has 0 bridgehead atoms. The summed E-state index contributed by atoms with van der Waals surface area (Å²) in [6.07, 6.45) is 3.36. The number of carbonyl (C=O) groups is 2. The van der Waals surface area contributed by atoms with E-state index in [1.807, 2.05) is 4.90 Å². The Hall–Kier alpha value is -1.85. The number of rotatable bonds is 1. The van der Waals surface area contributed by atoms with E-state index in [1.54, 1.807) is 13.8 Å². The van der Waals surface area contributed by atoms with Crippen molar-refractivity contribution in [2.24, 2.45) is 5.41 Å². The van der Waals surface area contributed by atoms with Crippen molar-refractivity contribution in [3.8, 4) is 0 Å². The molecule has 2 saturated heterocycles. The Morgan fingerprint density at radius 2 is 2.10 bits per heavy atom. The zero-order valence-electron chi connectivity index (χ0n) is 12.6. The highest BCUT2D eigenvalue weighted by atomic mass is 16.5. The monoisotopic (exact) mass is 291 g/mol. The van der Waals surface area contributed by atoms with E-state index < -0.39 is 0 Å². The highest BCUT2D eigenvalue weighted by Gasteiger charge is 2.43. The van der Waals surface area contributed by atoms with Crippen LogP contribution in [-0.4, -0.2) is 41.5 Å². The van der Waals surface area contributed by atoms with Gasteiger partial charge in [-0.3, -0.25) is 9.59 Å². The van der Waals surface area contributed by atoms with Crippen molar-refractivity contribution in [2.45, 2.75) is 39.5 Å². The van der Waals surface area contributed by atoms with Gasteiger partial charge in [0.05, 0.1) is 11.1 Å². The first kappa shape index (κ1) is 14.1. The topological polar surface area (TPSA) is 75.4 Å². The van der Waals surface area contributed by atoms with E-state index in [1.165, 1.54) is 0 Å². The summed E-state index contributed by atoms with van der Waals surface area (Å²) < 4.78 is 5.09. The third kappa shape index (κ3) is 2.32. The number of nitrogens with one attached hydrogen (secondary N) is 1. The number of likely N-dealkylation sites (tertiary alicyclic amines) is 1. The third-order valence-corrected chi connectivity index (χ3v) is 4.85. The van der Waals surface area contributed by atoms with Gasteiger partial charge in [-0.2, -0.15) is 0 Å². The molecule has 6 nitrogen and oxygen atoms in total. The molecule has 3 heterocycles. The van der Waals surface area contributed by atoms with Crippen molar-refractivity contribution in [2.75, 3.05) is 19.6 Å². The molecule has 0 unspecified atom stereocenters. The average Bonchev–Trinajstić information content (AvgIpc) is 2.87. The van der Waals surface area contributed by atoms with E-state index in [4.69, 9.17) is 4.52 Å². The number of amides is 2. The van der Waals surface area contributed by atoms with E-state index in [2.05, 4.69) is 10.5 Å². The quantitative estimate of drug-likeness (QED) is 0.849. The van der Waals surface area contributed by atoms with Gasteiger partial charge < -0.3 is 14.7 Å². The number of aryl methyl sites for hydroxylation is 2. The molecular formula is C15H21N3O3. The minimum absolute atomic E-state index is 0.0262. The maximum atomic E-state index is 12.7. The van der Waals surface area contributed by atoms with Gasteiger partial charge in [-0.05, 0) is 39.5 Å². The van der Waals surface area contributed by atoms with E-state index >= 15 is 0 Å². The molecule has 1 atom stereocenters. The SMILES string of the molecule is Cc1noc(C)c1C(=O)N1CCC[C@]2(CCNC2=O)CC1. The van der Waals surface area contributed by atoms with Crippen LogP contribution in [0.5, 0.6) is 0 Å². The molecular weight excluding hydrogens is 270 g/mol. The molecule has 1 spiro atoms. The molecule has 1 N–H and O–H groups in total. The van der Waals surface area contributed by atoms with Gasteiger partial charge in [0.1, 0.15) is 11.3 Å². The lowest BCUT2D eigenvalue weighted by Crippen LogP contribution is -2.35. The van der Waals surface area contributed by atoms with Crippen molar-refractivity contribution in [1.29, 1.82) is 0 Å². The van der Waals surface area contributed by atoms with E-state index in [0.717, 1.165) is 32.2 Å². The molecule has 114 valence electrons. The second-order valence-corrected chi connectivity index (χ2v) is 6.13. The number of aromatic nitrogens is 1. The maximum Gasteiger partial charge on any atom is 0.259 e. The van der Waals surface area contributed by atoms with Crippen LogP contribution in [0.2, 0.25) is 0 Å². The lowest BCUT2D eigenvalue weighted by Gasteiger charge is -2.24. The highest BCUT2D eigenvalue weighted by molar-refractivity contribution is 5.96. The van der Waals surface area contributed by atoms with Crippen LogP contribution < -0.4 is 5.32 Å². The molecule has 1 aromatic rings. The summed E-state index contributed by atoms with van der Waals surface area (Å²) in [5.74, 6) is 0.700. The summed E-state index contributed by atoms with van der Waals surface area (Å²) in [5.41, 5.74) is 0.949. The number of nitrogens with zero attached hydrogens (tertiary/aromatic N) is 2. The molecule has 21 heavy (non-hydrogen) atoms. The van der Waals surface area contributed by atoms with Gasteiger partial charge in [-0.1, -0.05) is 5.16 Å². The molecule has 0 saturated carbocycles. The van der Waals surface area contributed by atoms with Crippen molar-refractivity contribution in [3.63, 3.8) is 0 Å². The van der Waals surface area contributed by atoms with Crippen molar-refractivity contribution in [3.05, 3.63) is 17.0 Å². The number of hydrogen-bond acceptors (Lipinski definition) is 4. The zero-order chi connectivity index (χ0) is 15.0. The van der Waals surface area contributed by atoms with Crippen LogP contribution in [0.4, 0.5) is 0 Å². The Balaban J connectivity index is 1.76. The van der Waals surface area contributed by atoms with Crippen LogP contribution >= 0.6 is 0 Å². The Morgan fingerprint density at radius 3 is 2.71 bits per heavy atom. The van der Waals surface area contributed by atoms with Crippen LogP contribution in [0.3, 0.4) is 0 Å². The summed E-state index contributed by atoms with van der Waals surface area (Å²) in [4.78, 5) is 26.6. The van der Waals surface area contributed by atoms with Crippen LogP contribution in [-0.2, 0) is 4.79 Å². The Bertz CT molecular complexity index is 561. The second-order valence-electron chi connectivity index (χ2n) is 6.13. The molecule has 2 aliphatic rings. The average molecular weight is 291 g/mol. The second kappa shape index (κ2) is 5.16. The molecule has 0 radical (unpaired) electrons. The Labute approximate surface area is 123 Å². The standard InChI is InChI=1S/C15H21N3O3/c1-10-12(11(2)21-17-10)13(19)18-8-3-4-15(6-9-18)5-7-16-14(15)20/h3-9H2,1-2H3,(H,16,20)/t15-/m0/s1.